The molecular formula is C15H13Cl2F2N3S. The molecule has 0 atom stereocenters. The van der Waals surface area contributed by atoms with Gasteiger partial charge in [0.1, 0.15) is 17.5 Å². The lowest BCUT2D eigenvalue weighted by molar-refractivity contribution is 0.565. The monoisotopic (exact) mass is 375 g/mol. The van der Waals surface area contributed by atoms with E-state index in [0.29, 0.717) is 20.5 Å². The molecule has 2 heterocycles. The Balaban J connectivity index is 0.00000192. The molecule has 0 radical (unpaired) electrons. The molecule has 0 spiro atoms. The van der Waals surface area contributed by atoms with Crippen molar-refractivity contribution in [3.05, 3.63) is 52.9 Å². The summed E-state index contributed by atoms with van der Waals surface area (Å²) in [5.41, 5.74) is 0.637. The summed E-state index contributed by atoms with van der Waals surface area (Å²) in [4.78, 5) is 0.961. The highest BCUT2D eigenvalue weighted by Gasteiger charge is 2.14. The van der Waals surface area contributed by atoms with Crippen LogP contribution in [0.3, 0.4) is 0 Å². The summed E-state index contributed by atoms with van der Waals surface area (Å²) < 4.78 is 28.6. The van der Waals surface area contributed by atoms with Gasteiger partial charge in [-0.25, -0.2) is 8.78 Å². The van der Waals surface area contributed by atoms with Gasteiger partial charge < -0.3 is 0 Å². The molecule has 2 aromatic heterocycles. The Morgan fingerprint density at radius 2 is 1.87 bits per heavy atom. The van der Waals surface area contributed by atoms with Crippen molar-refractivity contribution < 1.29 is 8.78 Å². The van der Waals surface area contributed by atoms with Gasteiger partial charge in [0.25, 0.3) is 0 Å². The zero-order valence-electron chi connectivity index (χ0n) is 12.3. The summed E-state index contributed by atoms with van der Waals surface area (Å²) in [6.45, 7) is 4.02. The lowest BCUT2D eigenvalue weighted by Gasteiger charge is -2.08. The largest absolute Gasteiger partial charge is 0.285 e. The number of benzene rings is 1. The second-order valence-electron chi connectivity index (χ2n) is 5.10. The lowest BCUT2D eigenvalue weighted by atomic mass is 10.2. The standard InChI is InChI=1S/C15H12ClF2N3S.ClH/c1-8(2)15-20-19-14-6-10(16)13(7-21(14)15)22-12-4-3-9(17)5-11(12)18;/h3-8H,1-2H3;1H. The summed E-state index contributed by atoms with van der Waals surface area (Å²) in [6.07, 6.45) is 1.78. The van der Waals surface area contributed by atoms with E-state index in [0.717, 1.165) is 23.7 Å². The number of fused-ring (bicyclic) bond motifs is 1. The lowest BCUT2D eigenvalue weighted by Crippen LogP contribution is -1.97. The molecule has 1 aromatic carbocycles. The van der Waals surface area contributed by atoms with Gasteiger partial charge in [-0.1, -0.05) is 37.2 Å². The molecule has 0 saturated heterocycles. The minimum absolute atomic E-state index is 0. The molecule has 0 N–H and O–H groups in total. The topological polar surface area (TPSA) is 30.2 Å². The van der Waals surface area contributed by atoms with Crippen molar-refractivity contribution in [1.29, 1.82) is 0 Å². The maximum Gasteiger partial charge on any atom is 0.162 e. The predicted molar refractivity (Wildman–Crippen MR) is 89.8 cm³/mol. The normalized spacial score (nSPS) is 11.0. The van der Waals surface area contributed by atoms with Gasteiger partial charge in [-0.15, -0.1) is 22.6 Å². The van der Waals surface area contributed by atoms with Gasteiger partial charge in [-0.3, -0.25) is 4.40 Å². The predicted octanol–water partition coefficient (Wildman–Crippen LogP) is 5.36. The van der Waals surface area contributed by atoms with Crippen LogP contribution in [-0.4, -0.2) is 14.6 Å². The number of hydrogen-bond donors (Lipinski definition) is 0. The third-order valence-corrected chi connectivity index (χ3v) is 4.64. The van der Waals surface area contributed by atoms with E-state index in [-0.39, 0.29) is 18.3 Å². The van der Waals surface area contributed by atoms with E-state index >= 15 is 0 Å². The van der Waals surface area contributed by atoms with Crippen molar-refractivity contribution in [2.24, 2.45) is 0 Å². The highest BCUT2D eigenvalue weighted by Crippen LogP contribution is 2.35. The van der Waals surface area contributed by atoms with Gasteiger partial charge in [-0.05, 0) is 12.1 Å². The van der Waals surface area contributed by atoms with Crippen LogP contribution in [0.25, 0.3) is 5.65 Å². The number of halogens is 4. The molecule has 0 fully saturated rings. The molecule has 3 nitrogen and oxygen atoms in total. The molecule has 0 aliphatic rings. The molecular weight excluding hydrogens is 363 g/mol. The smallest absolute Gasteiger partial charge is 0.162 e. The Bertz CT molecular complexity index is 852. The van der Waals surface area contributed by atoms with Crippen LogP contribution in [0.5, 0.6) is 0 Å². The molecule has 0 unspecified atom stereocenters. The second-order valence-corrected chi connectivity index (χ2v) is 6.59. The molecule has 3 aromatic rings. The van der Waals surface area contributed by atoms with Crippen molar-refractivity contribution in [3.8, 4) is 0 Å². The highest BCUT2D eigenvalue weighted by molar-refractivity contribution is 7.99. The number of aromatic nitrogens is 3. The van der Waals surface area contributed by atoms with Gasteiger partial charge >= 0.3 is 0 Å². The third-order valence-electron chi connectivity index (χ3n) is 3.12. The molecule has 0 aliphatic heterocycles. The summed E-state index contributed by atoms with van der Waals surface area (Å²) in [6, 6.07) is 5.15. The molecule has 0 bridgehead atoms. The molecule has 0 aliphatic carbocycles. The number of hydrogen-bond acceptors (Lipinski definition) is 3. The average molecular weight is 376 g/mol. The average Bonchev–Trinajstić information content (AvgIpc) is 2.85. The van der Waals surface area contributed by atoms with Crippen LogP contribution >= 0.6 is 35.8 Å². The van der Waals surface area contributed by atoms with E-state index in [9.17, 15) is 8.78 Å². The van der Waals surface area contributed by atoms with Crippen LogP contribution < -0.4 is 0 Å². The van der Waals surface area contributed by atoms with Crippen LogP contribution in [0.15, 0.2) is 40.3 Å². The quantitative estimate of drug-likeness (QED) is 0.617. The van der Waals surface area contributed by atoms with Crippen LogP contribution in [0, 0.1) is 11.6 Å². The van der Waals surface area contributed by atoms with Crippen LogP contribution in [0.1, 0.15) is 25.6 Å². The fraction of sp³-hybridized carbons (Fsp3) is 0.200. The summed E-state index contributed by atoms with van der Waals surface area (Å²) in [5, 5.41) is 8.66. The Morgan fingerprint density at radius 1 is 1.13 bits per heavy atom. The van der Waals surface area contributed by atoms with Crippen LogP contribution in [0.2, 0.25) is 5.02 Å². The molecule has 3 rings (SSSR count). The number of pyridine rings is 1. The van der Waals surface area contributed by atoms with Crippen molar-refractivity contribution in [3.63, 3.8) is 0 Å². The maximum absolute atomic E-state index is 13.8. The first kappa shape index (κ1) is 18.0. The summed E-state index contributed by atoms with van der Waals surface area (Å²) in [7, 11) is 0. The number of nitrogens with zero attached hydrogens (tertiary/aromatic N) is 3. The van der Waals surface area contributed by atoms with E-state index in [4.69, 9.17) is 11.6 Å². The number of rotatable bonds is 3. The first-order valence-corrected chi connectivity index (χ1v) is 7.82. The SMILES string of the molecule is CC(C)c1nnc2cc(Cl)c(Sc3ccc(F)cc3F)cn12.Cl. The first-order valence-electron chi connectivity index (χ1n) is 6.63. The molecule has 0 saturated carbocycles. The molecule has 0 amide bonds. The zero-order chi connectivity index (χ0) is 15.9. The second kappa shape index (κ2) is 7.03. The first-order chi connectivity index (χ1) is 10.5. The van der Waals surface area contributed by atoms with E-state index in [2.05, 4.69) is 10.2 Å². The van der Waals surface area contributed by atoms with Crippen molar-refractivity contribution in [2.45, 2.75) is 29.6 Å². The van der Waals surface area contributed by atoms with Gasteiger partial charge in [0.15, 0.2) is 5.65 Å². The third kappa shape index (κ3) is 3.59. The fourth-order valence-electron chi connectivity index (χ4n) is 2.06. The van der Waals surface area contributed by atoms with Crippen molar-refractivity contribution in [1.82, 2.24) is 14.6 Å². The van der Waals surface area contributed by atoms with Gasteiger partial charge in [0, 0.05) is 34.0 Å². The molecule has 23 heavy (non-hydrogen) atoms. The minimum atomic E-state index is -0.617. The Kier molecular flexibility index (Phi) is 5.49. The Morgan fingerprint density at radius 3 is 2.52 bits per heavy atom. The zero-order valence-corrected chi connectivity index (χ0v) is 14.6. The highest BCUT2D eigenvalue weighted by atomic mass is 35.5. The van der Waals surface area contributed by atoms with Gasteiger partial charge in [-0.2, -0.15) is 0 Å². The van der Waals surface area contributed by atoms with Gasteiger partial charge in [0.05, 0.1) is 5.02 Å². The van der Waals surface area contributed by atoms with E-state index in [1.165, 1.54) is 12.1 Å². The Hall–Kier alpha value is -1.37. The van der Waals surface area contributed by atoms with Gasteiger partial charge in [0.2, 0.25) is 0 Å². The van der Waals surface area contributed by atoms with E-state index in [1.807, 2.05) is 18.2 Å². The summed E-state index contributed by atoms with van der Waals surface area (Å²) in [5.74, 6) is -0.233. The Labute approximate surface area is 147 Å². The van der Waals surface area contributed by atoms with E-state index in [1.54, 1.807) is 12.3 Å². The molecule has 8 heteroatoms. The van der Waals surface area contributed by atoms with Crippen molar-refractivity contribution in [2.75, 3.05) is 0 Å². The maximum atomic E-state index is 13.8. The van der Waals surface area contributed by atoms with E-state index < -0.39 is 11.6 Å². The summed E-state index contributed by atoms with van der Waals surface area (Å²) >= 11 is 7.37. The molecule has 122 valence electrons. The minimum Gasteiger partial charge on any atom is -0.285 e. The van der Waals surface area contributed by atoms with Crippen LogP contribution in [0.4, 0.5) is 8.78 Å². The van der Waals surface area contributed by atoms with Crippen molar-refractivity contribution >= 4 is 41.4 Å². The van der Waals surface area contributed by atoms with Crippen LogP contribution in [-0.2, 0) is 0 Å². The fourth-order valence-corrected chi connectivity index (χ4v) is 3.16.